The summed E-state index contributed by atoms with van der Waals surface area (Å²) in [7, 11) is 0. The van der Waals surface area contributed by atoms with Gasteiger partial charge in [0, 0.05) is 11.4 Å². The van der Waals surface area contributed by atoms with Gasteiger partial charge in [-0.25, -0.2) is 0 Å². The van der Waals surface area contributed by atoms with Crippen LogP contribution < -0.4 is 5.73 Å². The number of nitrogens with zero attached hydrogens (tertiary/aromatic N) is 2. The van der Waals surface area contributed by atoms with Crippen LogP contribution in [0.3, 0.4) is 0 Å². The molecule has 0 aliphatic rings. The van der Waals surface area contributed by atoms with Crippen LogP contribution in [-0.4, -0.2) is 10.1 Å². The van der Waals surface area contributed by atoms with Crippen LogP contribution >= 0.6 is 24.0 Å². The summed E-state index contributed by atoms with van der Waals surface area (Å²) < 4.78 is 4.90. The van der Waals surface area contributed by atoms with Gasteiger partial charge in [-0.05, 0) is 17.7 Å². The highest BCUT2D eigenvalue weighted by atomic mass is 35.5. The number of benzene rings is 1. The highest BCUT2D eigenvalue weighted by Crippen LogP contribution is 2.12. The third-order valence-corrected chi connectivity index (χ3v) is 2.21. The zero-order valence-electron chi connectivity index (χ0n) is 8.39. The van der Waals surface area contributed by atoms with Gasteiger partial charge in [-0.1, -0.05) is 28.9 Å². The molecular formula is C10H11Cl2N3O. The van der Waals surface area contributed by atoms with Crippen molar-refractivity contribution >= 4 is 24.0 Å². The predicted molar refractivity (Wildman–Crippen MR) is 63.7 cm³/mol. The second-order valence-corrected chi connectivity index (χ2v) is 3.55. The lowest BCUT2D eigenvalue weighted by molar-refractivity contribution is 0.375. The Morgan fingerprint density at radius 1 is 1.25 bits per heavy atom. The quantitative estimate of drug-likeness (QED) is 0.918. The molecule has 2 aromatic rings. The number of hydrogen-bond acceptors (Lipinski definition) is 4. The van der Waals surface area contributed by atoms with Gasteiger partial charge in [0.1, 0.15) is 0 Å². The van der Waals surface area contributed by atoms with Crippen LogP contribution in [0.1, 0.15) is 17.3 Å². The average Bonchev–Trinajstić information content (AvgIpc) is 2.69. The molecule has 0 radical (unpaired) electrons. The van der Waals surface area contributed by atoms with Crippen molar-refractivity contribution in [3.05, 3.63) is 46.6 Å². The van der Waals surface area contributed by atoms with E-state index in [1.807, 2.05) is 24.3 Å². The van der Waals surface area contributed by atoms with Gasteiger partial charge < -0.3 is 10.3 Å². The minimum Gasteiger partial charge on any atom is -0.338 e. The Kier molecular flexibility index (Phi) is 4.73. The first-order valence-corrected chi connectivity index (χ1v) is 4.91. The molecule has 86 valence electrons. The van der Waals surface area contributed by atoms with Gasteiger partial charge >= 0.3 is 0 Å². The van der Waals surface area contributed by atoms with E-state index in [1.165, 1.54) is 0 Å². The Labute approximate surface area is 104 Å². The molecule has 0 unspecified atom stereocenters. The molecule has 2 N–H and O–H groups in total. The minimum absolute atomic E-state index is 0. The molecule has 6 heteroatoms. The highest BCUT2D eigenvalue weighted by molar-refractivity contribution is 6.30. The number of halogens is 2. The van der Waals surface area contributed by atoms with Gasteiger partial charge in [0.15, 0.2) is 5.82 Å². The Morgan fingerprint density at radius 3 is 2.50 bits per heavy atom. The van der Waals surface area contributed by atoms with Crippen molar-refractivity contribution in [3.63, 3.8) is 0 Å². The van der Waals surface area contributed by atoms with E-state index in [-0.39, 0.29) is 19.0 Å². The van der Waals surface area contributed by atoms with E-state index < -0.39 is 0 Å². The summed E-state index contributed by atoms with van der Waals surface area (Å²) in [4.78, 5) is 4.11. The standard InChI is InChI=1S/C10H10ClN3O.ClH/c11-8-3-1-7(2-4-8)5-9-13-10(6-12)15-14-9;/h1-4H,5-6,12H2;1H. The molecule has 0 spiro atoms. The molecule has 2 rings (SSSR count). The molecule has 0 amide bonds. The fraction of sp³-hybridized carbons (Fsp3) is 0.200. The van der Waals surface area contributed by atoms with Gasteiger partial charge in [-0.15, -0.1) is 12.4 Å². The first kappa shape index (κ1) is 13.0. The minimum atomic E-state index is 0. The third kappa shape index (κ3) is 3.20. The number of aromatic nitrogens is 2. The van der Waals surface area contributed by atoms with Crippen molar-refractivity contribution < 1.29 is 4.52 Å². The molecule has 0 bridgehead atoms. The van der Waals surface area contributed by atoms with Crippen molar-refractivity contribution in [3.8, 4) is 0 Å². The maximum absolute atomic E-state index is 5.77. The van der Waals surface area contributed by atoms with Gasteiger partial charge in [0.05, 0.1) is 6.54 Å². The third-order valence-electron chi connectivity index (χ3n) is 1.96. The average molecular weight is 260 g/mol. The summed E-state index contributed by atoms with van der Waals surface area (Å²) in [6.45, 7) is 0.271. The summed E-state index contributed by atoms with van der Waals surface area (Å²) in [6.07, 6.45) is 0.626. The molecule has 0 aliphatic heterocycles. The SMILES string of the molecule is Cl.NCc1nc(Cc2ccc(Cl)cc2)no1. The van der Waals surface area contributed by atoms with E-state index in [4.69, 9.17) is 21.9 Å². The van der Waals surface area contributed by atoms with E-state index in [2.05, 4.69) is 10.1 Å². The molecule has 0 atom stereocenters. The van der Waals surface area contributed by atoms with E-state index in [0.29, 0.717) is 18.1 Å². The van der Waals surface area contributed by atoms with Crippen LogP contribution in [0.5, 0.6) is 0 Å². The molecule has 1 heterocycles. The monoisotopic (exact) mass is 259 g/mol. The molecule has 0 aliphatic carbocycles. The summed E-state index contributed by atoms with van der Waals surface area (Å²) in [5.74, 6) is 1.09. The van der Waals surface area contributed by atoms with E-state index in [1.54, 1.807) is 0 Å². The van der Waals surface area contributed by atoms with Crippen LogP contribution in [-0.2, 0) is 13.0 Å². The normalized spacial score (nSPS) is 9.88. The number of nitrogens with two attached hydrogens (primary N) is 1. The largest absolute Gasteiger partial charge is 0.338 e. The van der Waals surface area contributed by atoms with Crippen molar-refractivity contribution in [1.29, 1.82) is 0 Å². The van der Waals surface area contributed by atoms with Gasteiger partial charge in [0.2, 0.25) is 5.89 Å². The molecule has 0 saturated heterocycles. The second kappa shape index (κ2) is 5.84. The molecule has 0 saturated carbocycles. The Morgan fingerprint density at radius 2 is 1.94 bits per heavy atom. The maximum Gasteiger partial charge on any atom is 0.240 e. The fourth-order valence-corrected chi connectivity index (χ4v) is 1.36. The summed E-state index contributed by atoms with van der Waals surface area (Å²) in [6, 6.07) is 7.53. The van der Waals surface area contributed by atoms with E-state index >= 15 is 0 Å². The Balaban J connectivity index is 0.00000128. The van der Waals surface area contributed by atoms with Crippen molar-refractivity contribution in [1.82, 2.24) is 10.1 Å². The second-order valence-electron chi connectivity index (χ2n) is 3.11. The van der Waals surface area contributed by atoms with Crippen molar-refractivity contribution in [2.24, 2.45) is 5.73 Å². The summed E-state index contributed by atoms with van der Waals surface area (Å²) in [5.41, 5.74) is 6.45. The van der Waals surface area contributed by atoms with Crippen LogP contribution in [0, 0.1) is 0 Å². The fourth-order valence-electron chi connectivity index (χ4n) is 1.23. The number of hydrogen-bond donors (Lipinski definition) is 1. The first-order valence-electron chi connectivity index (χ1n) is 4.54. The zero-order valence-corrected chi connectivity index (χ0v) is 9.96. The topological polar surface area (TPSA) is 64.9 Å². The lowest BCUT2D eigenvalue weighted by Gasteiger charge is -1.95. The predicted octanol–water partition coefficient (Wildman–Crippen LogP) is 2.19. The van der Waals surface area contributed by atoms with E-state index in [9.17, 15) is 0 Å². The molecular weight excluding hydrogens is 249 g/mol. The van der Waals surface area contributed by atoms with Gasteiger partial charge in [-0.2, -0.15) is 4.98 Å². The molecule has 0 fully saturated rings. The van der Waals surface area contributed by atoms with Crippen molar-refractivity contribution in [2.45, 2.75) is 13.0 Å². The molecule has 4 nitrogen and oxygen atoms in total. The number of rotatable bonds is 3. The smallest absolute Gasteiger partial charge is 0.240 e. The van der Waals surface area contributed by atoms with Crippen LogP contribution in [0.25, 0.3) is 0 Å². The Bertz CT molecular complexity index is 442. The summed E-state index contributed by atoms with van der Waals surface area (Å²) in [5, 5.41) is 4.52. The van der Waals surface area contributed by atoms with Gasteiger partial charge in [0.25, 0.3) is 0 Å². The van der Waals surface area contributed by atoms with Crippen LogP contribution in [0.15, 0.2) is 28.8 Å². The zero-order chi connectivity index (χ0) is 10.7. The lowest BCUT2D eigenvalue weighted by Crippen LogP contribution is -1.97. The molecule has 1 aromatic carbocycles. The van der Waals surface area contributed by atoms with Gasteiger partial charge in [-0.3, -0.25) is 0 Å². The molecule has 16 heavy (non-hydrogen) atoms. The van der Waals surface area contributed by atoms with Crippen LogP contribution in [0.4, 0.5) is 0 Å². The van der Waals surface area contributed by atoms with Crippen molar-refractivity contribution in [2.75, 3.05) is 0 Å². The van der Waals surface area contributed by atoms with E-state index in [0.717, 1.165) is 10.6 Å². The first-order chi connectivity index (χ1) is 7.28. The summed E-state index contributed by atoms with van der Waals surface area (Å²) >= 11 is 5.77. The lowest BCUT2D eigenvalue weighted by atomic mass is 10.1. The highest BCUT2D eigenvalue weighted by Gasteiger charge is 2.05. The maximum atomic E-state index is 5.77. The van der Waals surface area contributed by atoms with Crippen LogP contribution in [0.2, 0.25) is 5.02 Å². The Hall–Kier alpha value is -1.10. The molecule has 1 aromatic heterocycles.